The van der Waals surface area contributed by atoms with Gasteiger partial charge in [0, 0.05) is 38.3 Å². The fraction of sp³-hybridized carbons (Fsp3) is 0. The molecule has 3 heterocycles. The minimum absolute atomic E-state index is 0.901. The lowest BCUT2D eigenvalue weighted by molar-refractivity contribution is 0.669. The molecule has 11 rings (SSSR count). The molecule has 0 aliphatic heterocycles. The van der Waals surface area contributed by atoms with Crippen LogP contribution in [0.1, 0.15) is 0 Å². The second-order valence-corrected chi connectivity index (χ2v) is 13.3. The van der Waals surface area contributed by atoms with Crippen LogP contribution in [0.2, 0.25) is 0 Å². The maximum Gasteiger partial charge on any atom is 0.137 e. The molecule has 238 valence electrons. The molecule has 0 atom stereocenters. The molecule has 0 saturated heterocycles. The predicted molar refractivity (Wildman–Crippen MR) is 213 cm³/mol. The van der Waals surface area contributed by atoms with Crippen molar-refractivity contribution in [2.24, 2.45) is 0 Å². The summed E-state index contributed by atoms with van der Waals surface area (Å²) in [6.45, 7) is 0. The van der Waals surface area contributed by atoms with Gasteiger partial charge in [0.05, 0.1) is 27.5 Å². The highest BCUT2D eigenvalue weighted by Gasteiger charge is 2.22. The molecule has 0 bridgehead atoms. The van der Waals surface area contributed by atoms with E-state index in [0.717, 1.165) is 33.3 Å². The standard InChI is InChI=1S/C48H30N2O/c1-3-12-31(13-4-1)33-14-11-15-34(28-33)32-22-24-36(25-23-32)49-42-20-9-7-18-37(42)40-29-41-38-26-27-46-47(39-19-8-10-21-45(39)51-46)48(38)50(44(41)30-43(40)49)35-16-5-2-6-17-35/h1-30H. The van der Waals surface area contributed by atoms with E-state index in [2.05, 4.69) is 185 Å². The van der Waals surface area contributed by atoms with E-state index in [1.165, 1.54) is 65.9 Å². The van der Waals surface area contributed by atoms with E-state index >= 15 is 0 Å². The topological polar surface area (TPSA) is 23.0 Å². The van der Waals surface area contributed by atoms with Crippen molar-refractivity contribution in [1.82, 2.24) is 9.13 Å². The molecule has 8 aromatic carbocycles. The smallest absolute Gasteiger partial charge is 0.137 e. The lowest BCUT2D eigenvalue weighted by atomic mass is 9.99. The van der Waals surface area contributed by atoms with Crippen LogP contribution in [0.5, 0.6) is 0 Å². The third-order valence-electron chi connectivity index (χ3n) is 10.5. The Labute approximate surface area is 293 Å². The number of hydrogen-bond donors (Lipinski definition) is 0. The van der Waals surface area contributed by atoms with Gasteiger partial charge in [0.1, 0.15) is 11.2 Å². The van der Waals surface area contributed by atoms with Crippen molar-refractivity contribution >= 4 is 65.6 Å². The van der Waals surface area contributed by atoms with E-state index in [-0.39, 0.29) is 0 Å². The maximum absolute atomic E-state index is 6.40. The number of hydrogen-bond acceptors (Lipinski definition) is 1. The van der Waals surface area contributed by atoms with Crippen molar-refractivity contribution < 1.29 is 4.42 Å². The second-order valence-electron chi connectivity index (χ2n) is 13.3. The van der Waals surface area contributed by atoms with Crippen molar-refractivity contribution in [2.45, 2.75) is 0 Å². The summed E-state index contributed by atoms with van der Waals surface area (Å²) in [5, 5.41) is 7.20. The van der Waals surface area contributed by atoms with Crippen molar-refractivity contribution in [2.75, 3.05) is 0 Å². The largest absolute Gasteiger partial charge is 0.456 e. The molecule has 3 heteroatoms. The Morgan fingerprint density at radius 3 is 1.73 bits per heavy atom. The number of furan rings is 1. The molecule has 0 radical (unpaired) electrons. The van der Waals surface area contributed by atoms with Crippen molar-refractivity contribution in [1.29, 1.82) is 0 Å². The Balaban J connectivity index is 1.17. The number of nitrogens with zero attached hydrogens (tertiary/aromatic N) is 2. The van der Waals surface area contributed by atoms with Crippen LogP contribution >= 0.6 is 0 Å². The van der Waals surface area contributed by atoms with Gasteiger partial charge in [-0.05, 0) is 89.0 Å². The summed E-state index contributed by atoms with van der Waals surface area (Å²) in [5.41, 5.74) is 13.6. The highest BCUT2D eigenvalue weighted by molar-refractivity contribution is 6.27. The van der Waals surface area contributed by atoms with Crippen LogP contribution in [-0.2, 0) is 0 Å². The van der Waals surface area contributed by atoms with Crippen LogP contribution in [0.3, 0.4) is 0 Å². The maximum atomic E-state index is 6.40. The summed E-state index contributed by atoms with van der Waals surface area (Å²) >= 11 is 0. The van der Waals surface area contributed by atoms with E-state index < -0.39 is 0 Å². The van der Waals surface area contributed by atoms with Crippen LogP contribution in [-0.4, -0.2) is 9.13 Å². The van der Waals surface area contributed by atoms with Gasteiger partial charge < -0.3 is 13.6 Å². The first-order valence-electron chi connectivity index (χ1n) is 17.4. The normalized spacial score (nSPS) is 11.9. The molecule has 0 N–H and O–H groups in total. The Morgan fingerprint density at radius 2 is 0.922 bits per heavy atom. The lowest BCUT2D eigenvalue weighted by Gasteiger charge is -2.11. The van der Waals surface area contributed by atoms with Crippen molar-refractivity contribution in [3.05, 3.63) is 182 Å². The van der Waals surface area contributed by atoms with E-state index in [0.29, 0.717) is 0 Å². The average molecular weight is 651 g/mol. The quantitative estimate of drug-likeness (QED) is 0.186. The van der Waals surface area contributed by atoms with Crippen LogP contribution < -0.4 is 0 Å². The fourth-order valence-corrected chi connectivity index (χ4v) is 8.21. The summed E-state index contributed by atoms with van der Waals surface area (Å²) in [4.78, 5) is 0. The number of rotatable bonds is 4. The Morgan fingerprint density at radius 1 is 0.314 bits per heavy atom. The highest BCUT2D eigenvalue weighted by Crippen LogP contribution is 2.44. The first-order valence-corrected chi connectivity index (χ1v) is 17.4. The monoisotopic (exact) mass is 650 g/mol. The van der Waals surface area contributed by atoms with Gasteiger partial charge in [0.2, 0.25) is 0 Å². The molecule has 0 fully saturated rings. The van der Waals surface area contributed by atoms with Gasteiger partial charge in [-0.2, -0.15) is 0 Å². The zero-order valence-corrected chi connectivity index (χ0v) is 27.6. The van der Waals surface area contributed by atoms with Gasteiger partial charge >= 0.3 is 0 Å². The molecular weight excluding hydrogens is 621 g/mol. The summed E-state index contributed by atoms with van der Waals surface area (Å²) in [6, 6.07) is 65.4. The molecule has 0 amide bonds. The van der Waals surface area contributed by atoms with Gasteiger partial charge in [-0.3, -0.25) is 0 Å². The summed E-state index contributed by atoms with van der Waals surface area (Å²) < 4.78 is 11.2. The second kappa shape index (κ2) is 10.8. The van der Waals surface area contributed by atoms with Crippen LogP contribution in [0.25, 0.3) is 99.2 Å². The zero-order valence-electron chi connectivity index (χ0n) is 27.6. The summed E-state index contributed by atoms with van der Waals surface area (Å²) in [5.74, 6) is 0. The first-order chi connectivity index (χ1) is 25.3. The van der Waals surface area contributed by atoms with Crippen LogP contribution in [0.4, 0.5) is 0 Å². The van der Waals surface area contributed by atoms with Gasteiger partial charge in [-0.1, -0.05) is 115 Å². The van der Waals surface area contributed by atoms with Crippen molar-refractivity contribution in [3.8, 4) is 33.6 Å². The zero-order chi connectivity index (χ0) is 33.5. The molecule has 0 aliphatic carbocycles. The Kier molecular flexibility index (Phi) is 5.96. The highest BCUT2D eigenvalue weighted by atomic mass is 16.3. The number of benzene rings is 8. The molecular formula is C48H30N2O. The summed E-state index contributed by atoms with van der Waals surface area (Å²) in [7, 11) is 0. The molecule has 0 aliphatic rings. The Hall–Kier alpha value is -6.84. The molecule has 11 aromatic rings. The minimum atomic E-state index is 0.901. The van der Waals surface area contributed by atoms with Gasteiger partial charge in [-0.15, -0.1) is 0 Å². The Bertz CT molecular complexity index is 3110. The minimum Gasteiger partial charge on any atom is -0.456 e. The molecule has 0 spiro atoms. The van der Waals surface area contributed by atoms with E-state index in [4.69, 9.17) is 4.42 Å². The van der Waals surface area contributed by atoms with Gasteiger partial charge in [-0.25, -0.2) is 0 Å². The molecule has 51 heavy (non-hydrogen) atoms. The van der Waals surface area contributed by atoms with Gasteiger partial charge in [0.15, 0.2) is 0 Å². The first kappa shape index (κ1) is 28.0. The third-order valence-corrected chi connectivity index (χ3v) is 10.5. The SMILES string of the molecule is c1ccc(-c2cccc(-c3ccc(-n4c5ccccc5c5cc6c7ccc8oc9ccccc9c8c7n(-c7ccccc7)c6cc54)cc3)c2)cc1. The van der Waals surface area contributed by atoms with E-state index in [1.807, 2.05) is 6.07 Å². The average Bonchev–Trinajstić information content (AvgIpc) is 3.85. The lowest BCUT2D eigenvalue weighted by Crippen LogP contribution is -1.96. The molecule has 0 saturated carbocycles. The van der Waals surface area contributed by atoms with Crippen LogP contribution in [0.15, 0.2) is 186 Å². The molecule has 3 nitrogen and oxygen atoms in total. The van der Waals surface area contributed by atoms with E-state index in [1.54, 1.807) is 0 Å². The fourth-order valence-electron chi connectivity index (χ4n) is 8.21. The van der Waals surface area contributed by atoms with E-state index in [9.17, 15) is 0 Å². The molecule has 3 aromatic heterocycles. The van der Waals surface area contributed by atoms with Gasteiger partial charge in [0.25, 0.3) is 0 Å². The third kappa shape index (κ3) is 4.19. The number of aromatic nitrogens is 2. The predicted octanol–water partition coefficient (Wildman–Crippen LogP) is 13.1. The summed E-state index contributed by atoms with van der Waals surface area (Å²) in [6.07, 6.45) is 0. The van der Waals surface area contributed by atoms with Crippen molar-refractivity contribution in [3.63, 3.8) is 0 Å². The number of fused-ring (bicyclic) bond motifs is 10. The van der Waals surface area contributed by atoms with Crippen LogP contribution in [0, 0.1) is 0 Å². The molecule has 0 unspecified atom stereocenters. The number of para-hydroxylation sites is 3.